The topological polar surface area (TPSA) is 51.2 Å². The molecule has 0 aromatic heterocycles. The lowest BCUT2D eigenvalue weighted by molar-refractivity contribution is -0.127. The lowest BCUT2D eigenvalue weighted by atomic mass is 9.99. The minimum Gasteiger partial charge on any atom is -0.355 e. The molecular weight excluding hydrogens is 350 g/mol. The van der Waals surface area contributed by atoms with Gasteiger partial charge in [-0.3, -0.25) is 9.69 Å². The van der Waals surface area contributed by atoms with Crippen molar-refractivity contribution in [2.75, 3.05) is 53.4 Å². The van der Waals surface area contributed by atoms with Crippen molar-refractivity contribution in [1.82, 2.24) is 20.0 Å². The standard InChI is InChI=1S/C22H35N5O/c1-4-26-13-8-11-20(26)15-23-22(24-16-21(28)25(2)3)27-14-12-19(17-27)18-9-6-5-7-10-18/h5-7,9-10,19-20H,4,8,11-17H2,1-3H3,(H,23,24). The third-order valence-corrected chi connectivity index (χ3v) is 6.02. The Kier molecular flexibility index (Phi) is 7.31. The van der Waals surface area contributed by atoms with Gasteiger partial charge in [0.15, 0.2) is 5.96 Å². The molecule has 2 aliphatic rings. The van der Waals surface area contributed by atoms with E-state index in [-0.39, 0.29) is 12.5 Å². The zero-order valence-electron chi connectivity index (χ0n) is 17.6. The van der Waals surface area contributed by atoms with Crippen molar-refractivity contribution in [1.29, 1.82) is 0 Å². The van der Waals surface area contributed by atoms with Gasteiger partial charge in [-0.1, -0.05) is 37.3 Å². The van der Waals surface area contributed by atoms with Crippen LogP contribution in [0.3, 0.4) is 0 Å². The molecular formula is C22H35N5O. The van der Waals surface area contributed by atoms with Gasteiger partial charge >= 0.3 is 0 Å². The van der Waals surface area contributed by atoms with Crippen molar-refractivity contribution in [2.45, 2.75) is 38.1 Å². The first-order valence-electron chi connectivity index (χ1n) is 10.6. The van der Waals surface area contributed by atoms with E-state index in [4.69, 9.17) is 0 Å². The first-order chi connectivity index (χ1) is 13.6. The predicted octanol–water partition coefficient (Wildman–Crippen LogP) is 1.99. The Morgan fingerprint density at radius 1 is 1.21 bits per heavy atom. The molecule has 1 aromatic carbocycles. The fraction of sp³-hybridized carbons (Fsp3) is 0.636. The number of benzene rings is 1. The number of carbonyl (C=O) groups excluding carboxylic acids is 1. The largest absolute Gasteiger partial charge is 0.355 e. The van der Waals surface area contributed by atoms with E-state index in [0.717, 1.165) is 38.6 Å². The maximum absolute atomic E-state index is 12.1. The molecule has 28 heavy (non-hydrogen) atoms. The molecule has 2 atom stereocenters. The van der Waals surface area contributed by atoms with Gasteiger partial charge < -0.3 is 15.1 Å². The van der Waals surface area contributed by atoms with Crippen molar-refractivity contribution >= 4 is 11.9 Å². The highest BCUT2D eigenvalue weighted by Crippen LogP contribution is 2.27. The number of carbonyl (C=O) groups is 1. The molecule has 0 radical (unpaired) electrons. The Balaban J connectivity index is 1.65. The van der Waals surface area contributed by atoms with Gasteiger partial charge in [0.25, 0.3) is 0 Å². The van der Waals surface area contributed by atoms with Gasteiger partial charge in [0.1, 0.15) is 6.54 Å². The summed E-state index contributed by atoms with van der Waals surface area (Å²) in [6.07, 6.45) is 3.62. The van der Waals surface area contributed by atoms with Gasteiger partial charge in [-0.15, -0.1) is 0 Å². The van der Waals surface area contributed by atoms with Crippen molar-refractivity contribution in [3.63, 3.8) is 0 Å². The lowest BCUT2D eigenvalue weighted by Crippen LogP contribution is -2.46. The minimum absolute atomic E-state index is 0.0363. The van der Waals surface area contributed by atoms with Crippen LogP contribution in [0.25, 0.3) is 0 Å². The molecule has 2 aliphatic heterocycles. The van der Waals surface area contributed by atoms with E-state index in [1.807, 2.05) is 0 Å². The van der Waals surface area contributed by atoms with Crippen LogP contribution in [0.2, 0.25) is 0 Å². The van der Waals surface area contributed by atoms with Crippen LogP contribution < -0.4 is 5.32 Å². The number of rotatable bonds is 6. The van der Waals surface area contributed by atoms with E-state index in [0.29, 0.717) is 12.0 Å². The fourth-order valence-corrected chi connectivity index (χ4v) is 4.25. The van der Waals surface area contributed by atoms with Crippen LogP contribution in [0.15, 0.2) is 35.3 Å². The number of likely N-dealkylation sites (tertiary alicyclic amines) is 2. The molecule has 1 amide bonds. The van der Waals surface area contributed by atoms with E-state index in [1.165, 1.54) is 24.9 Å². The van der Waals surface area contributed by atoms with Gasteiger partial charge in [-0.2, -0.15) is 0 Å². The van der Waals surface area contributed by atoms with Crippen LogP contribution in [0.4, 0.5) is 0 Å². The molecule has 0 saturated carbocycles. The molecule has 1 aromatic rings. The highest BCUT2D eigenvalue weighted by Gasteiger charge is 2.28. The predicted molar refractivity (Wildman–Crippen MR) is 115 cm³/mol. The summed E-state index contributed by atoms with van der Waals surface area (Å²) in [6, 6.07) is 11.3. The van der Waals surface area contributed by atoms with Gasteiger partial charge in [-0.05, 0) is 37.9 Å². The Bertz CT molecular complexity index is 660. The summed E-state index contributed by atoms with van der Waals surface area (Å²) in [7, 11) is 3.56. The van der Waals surface area contributed by atoms with Crippen molar-refractivity contribution < 1.29 is 4.79 Å². The minimum atomic E-state index is 0.0363. The number of hydrogen-bond donors (Lipinski definition) is 1. The lowest BCUT2D eigenvalue weighted by Gasteiger charge is -2.27. The molecule has 0 aliphatic carbocycles. The second kappa shape index (κ2) is 9.92. The normalized spacial score (nSPS) is 23.2. The van der Waals surface area contributed by atoms with Crippen LogP contribution in [0, 0.1) is 0 Å². The van der Waals surface area contributed by atoms with Crippen LogP contribution in [0.5, 0.6) is 0 Å². The second-order valence-electron chi connectivity index (χ2n) is 8.08. The van der Waals surface area contributed by atoms with E-state index >= 15 is 0 Å². The summed E-state index contributed by atoms with van der Waals surface area (Å²) in [5, 5.41) is 3.60. The summed E-state index contributed by atoms with van der Waals surface area (Å²) >= 11 is 0. The average molecular weight is 386 g/mol. The summed E-state index contributed by atoms with van der Waals surface area (Å²) in [4.78, 5) is 23.2. The number of amides is 1. The molecule has 2 saturated heterocycles. The van der Waals surface area contributed by atoms with Gasteiger partial charge in [-0.25, -0.2) is 4.99 Å². The van der Waals surface area contributed by atoms with Crippen molar-refractivity contribution in [2.24, 2.45) is 4.99 Å². The van der Waals surface area contributed by atoms with Crippen LogP contribution >= 0.6 is 0 Å². The molecule has 0 spiro atoms. The monoisotopic (exact) mass is 385 g/mol. The first kappa shape index (κ1) is 20.6. The Hall–Kier alpha value is -2.08. The highest BCUT2D eigenvalue weighted by atomic mass is 16.2. The number of nitrogens with one attached hydrogen (secondary N) is 1. The molecule has 1 N–H and O–H groups in total. The van der Waals surface area contributed by atoms with Crippen molar-refractivity contribution in [3.8, 4) is 0 Å². The summed E-state index contributed by atoms with van der Waals surface area (Å²) in [5.74, 6) is 1.45. The smallest absolute Gasteiger partial charge is 0.243 e. The summed E-state index contributed by atoms with van der Waals surface area (Å²) < 4.78 is 0. The number of nitrogens with zero attached hydrogens (tertiary/aromatic N) is 4. The fourth-order valence-electron chi connectivity index (χ4n) is 4.25. The zero-order chi connectivity index (χ0) is 19.9. The van der Waals surface area contributed by atoms with Gasteiger partial charge in [0, 0.05) is 45.7 Å². The maximum Gasteiger partial charge on any atom is 0.243 e. The molecule has 0 bridgehead atoms. The number of hydrogen-bond acceptors (Lipinski definition) is 3. The average Bonchev–Trinajstić information content (AvgIpc) is 3.37. The van der Waals surface area contributed by atoms with E-state index < -0.39 is 0 Å². The maximum atomic E-state index is 12.1. The van der Waals surface area contributed by atoms with Gasteiger partial charge in [0.2, 0.25) is 5.91 Å². The van der Waals surface area contributed by atoms with Crippen LogP contribution in [-0.4, -0.2) is 86.0 Å². The van der Waals surface area contributed by atoms with E-state index in [9.17, 15) is 4.79 Å². The zero-order valence-corrected chi connectivity index (χ0v) is 17.6. The van der Waals surface area contributed by atoms with Crippen LogP contribution in [0.1, 0.15) is 37.7 Å². The Labute approximate surface area is 169 Å². The van der Waals surface area contributed by atoms with Crippen LogP contribution in [-0.2, 0) is 4.79 Å². The molecule has 2 heterocycles. The summed E-state index contributed by atoms with van der Waals surface area (Å²) in [6.45, 7) is 7.54. The van der Waals surface area contributed by atoms with E-state index in [1.54, 1.807) is 19.0 Å². The number of aliphatic imine (C=N–C) groups is 1. The third-order valence-electron chi connectivity index (χ3n) is 6.02. The SMILES string of the molecule is CCN1CCCC1CNC(=NCC(=O)N(C)C)N1CCC(c2ccccc2)C1. The van der Waals surface area contributed by atoms with E-state index in [2.05, 4.69) is 57.4 Å². The molecule has 6 heteroatoms. The second-order valence-corrected chi connectivity index (χ2v) is 8.08. The Morgan fingerprint density at radius 3 is 2.71 bits per heavy atom. The number of likely N-dealkylation sites (N-methyl/N-ethyl adjacent to an activating group) is 2. The van der Waals surface area contributed by atoms with Crippen molar-refractivity contribution in [3.05, 3.63) is 35.9 Å². The number of guanidine groups is 1. The Morgan fingerprint density at radius 2 is 2.00 bits per heavy atom. The summed E-state index contributed by atoms with van der Waals surface area (Å²) in [5.41, 5.74) is 1.39. The molecule has 2 unspecified atom stereocenters. The molecule has 154 valence electrons. The molecule has 3 rings (SSSR count). The molecule has 6 nitrogen and oxygen atoms in total. The third kappa shape index (κ3) is 5.25. The highest BCUT2D eigenvalue weighted by molar-refractivity contribution is 5.85. The quantitative estimate of drug-likeness (QED) is 0.601. The molecule has 2 fully saturated rings. The first-order valence-corrected chi connectivity index (χ1v) is 10.6. The van der Waals surface area contributed by atoms with Gasteiger partial charge in [0.05, 0.1) is 0 Å².